The fraction of sp³-hybridized carbons (Fsp3) is 0.455. The first-order chi connectivity index (χ1) is 17.1. The molecule has 4 rings (SSSR count). The van der Waals surface area contributed by atoms with Crippen LogP contribution in [0.15, 0.2) is 66.4 Å². The van der Waals surface area contributed by atoms with Crippen molar-refractivity contribution in [3.05, 3.63) is 89.1 Å². The highest BCUT2D eigenvalue weighted by atomic mass is 14.9. The minimum absolute atomic E-state index is 0.454. The molecular weight excluding hydrogens is 424 g/mol. The zero-order valence-corrected chi connectivity index (χ0v) is 21.6. The molecule has 0 amide bonds. The van der Waals surface area contributed by atoms with E-state index < -0.39 is 0 Å². The topological polar surface area (TPSA) is 25.8 Å². The second-order valence-electron chi connectivity index (χ2n) is 10.6. The van der Waals surface area contributed by atoms with Crippen molar-refractivity contribution in [1.29, 1.82) is 0 Å². The molecule has 2 heteroatoms. The van der Waals surface area contributed by atoms with Crippen LogP contribution in [0.5, 0.6) is 0 Å². The van der Waals surface area contributed by atoms with E-state index in [1.165, 1.54) is 60.0 Å². The van der Waals surface area contributed by atoms with E-state index in [1.807, 2.05) is 12.3 Å². The van der Waals surface area contributed by atoms with E-state index in [2.05, 4.69) is 67.7 Å². The van der Waals surface area contributed by atoms with E-state index in [-0.39, 0.29) is 0 Å². The third kappa shape index (κ3) is 6.82. The minimum atomic E-state index is 0.454. The lowest BCUT2D eigenvalue weighted by Crippen LogP contribution is -2.14. The lowest BCUT2D eigenvalue weighted by atomic mass is 9.80. The van der Waals surface area contributed by atoms with Crippen molar-refractivity contribution in [3.63, 3.8) is 0 Å². The van der Waals surface area contributed by atoms with Crippen molar-refractivity contribution in [3.8, 4) is 12.3 Å². The van der Waals surface area contributed by atoms with Gasteiger partial charge in [-0.3, -0.25) is 0 Å². The summed E-state index contributed by atoms with van der Waals surface area (Å²) < 4.78 is 0. The van der Waals surface area contributed by atoms with Gasteiger partial charge in [-0.05, 0) is 90.2 Å². The lowest BCUT2D eigenvalue weighted by Gasteiger charge is -2.26. The molecule has 0 radical (unpaired) electrons. The van der Waals surface area contributed by atoms with Gasteiger partial charge in [0.05, 0.1) is 5.69 Å². The Kier molecular flexibility index (Phi) is 8.75. The van der Waals surface area contributed by atoms with Crippen LogP contribution in [0, 0.1) is 30.1 Å². The fourth-order valence-corrected chi connectivity index (χ4v) is 5.64. The second kappa shape index (κ2) is 12.2. The molecule has 182 valence electrons. The summed E-state index contributed by atoms with van der Waals surface area (Å²) in [5, 5.41) is 0. The van der Waals surface area contributed by atoms with Gasteiger partial charge in [0.2, 0.25) is 0 Å². The summed E-state index contributed by atoms with van der Waals surface area (Å²) in [6.45, 7) is 9.02. The molecule has 2 nitrogen and oxygen atoms in total. The average Bonchev–Trinajstić information content (AvgIpc) is 3.37. The van der Waals surface area contributed by atoms with Crippen LogP contribution in [0.2, 0.25) is 0 Å². The molecule has 1 unspecified atom stereocenters. The molecule has 1 atom stereocenters. The van der Waals surface area contributed by atoms with Crippen molar-refractivity contribution in [2.45, 2.75) is 78.1 Å². The number of hydrogen-bond donors (Lipinski definition) is 0. The third-order valence-corrected chi connectivity index (χ3v) is 7.95. The zero-order chi connectivity index (χ0) is 24.6. The largest absolute Gasteiger partial charge is 0.241 e. The third-order valence-electron chi connectivity index (χ3n) is 7.95. The van der Waals surface area contributed by atoms with Gasteiger partial charge in [-0.25, -0.2) is 9.97 Å². The van der Waals surface area contributed by atoms with Gasteiger partial charge in [0.15, 0.2) is 0 Å². The van der Waals surface area contributed by atoms with E-state index in [4.69, 9.17) is 11.4 Å². The summed E-state index contributed by atoms with van der Waals surface area (Å²) in [6.07, 6.45) is 23.1. The highest BCUT2D eigenvalue weighted by molar-refractivity contribution is 5.72. The minimum Gasteiger partial charge on any atom is -0.241 e. The van der Waals surface area contributed by atoms with E-state index >= 15 is 0 Å². The number of benzene rings is 1. The molecule has 1 saturated carbocycles. The normalized spacial score (nSPS) is 20.6. The van der Waals surface area contributed by atoms with Crippen LogP contribution in [0.4, 0.5) is 0 Å². The monoisotopic (exact) mass is 464 g/mol. The Bertz CT molecular complexity index is 1120. The summed E-state index contributed by atoms with van der Waals surface area (Å²) in [4.78, 5) is 9.54. The van der Waals surface area contributed by atoms with Crippen molar-refractivity contribution >= 4 is 5.57 Å². The highest BCUT2D eigenvalue weighted by Gasteiger charge is 2.20. The second-order valence-corrected chi connectivity index (χ2v) is 10.6. The van der Waals surface area contributed by atoms with Crippen LogP contribution in [-0.2, 0) is 12.8 Å². The molecule has 1 aromatic carbocycles. The van der Waals surface area contributed by atoms with Gasteiger partial charge in [0.25, 0.3) is 0 Å². The van der Waals surface area contributed by atoms with Crippen LogP contribution in [-0.4, -0.2) is 9.97 Å². The molecule has 0 spiro atoms. The molecule has 0 aliphatic heterocycles. The highest BCUT2D eigenvalue weighted by Crippen LogP contribution is 2.36. The predicted molar refractivity (Wildman–Crippen MR) is 148 cm³/mol. The Morgan fingerprint density at radius 1 is 1.14 bits per heavy atom. The zero-order valence-electron chi connectivity index (χ0n) is 21.6. The summed E-state index contributed by atoms with van der Waals surface area (Å²) in [5.41, 5.74) is 7.58. The smallest absolute Gasteiger partial charge is 0.133 e. The Balaban J connectivity index is 1.37. The van der Waals surface area contributed by atoms with Crippen molar-refractivity contribution < 1.29 is 0 Å². The summed E-state index contributed by atoms with van der Waals surface area (Å²) in [7, 11) is 0. The Morgan fingerprint density at radius 2 is 1.94 bits per heavy atom. The summed E-state index contributed by atoms with van der Waals surface area (Å²) >= 11 is 0. The van der Waals surface area contributed by atoms with Crippen LogP contribution < -0.4 is 0 Å². The molecule has 1 fully saturated rings. The Labute approximate surface area is 212 Å². The molecule has 1 aromatic heterocycles. The fourth-order valence-electron chi connectivity index (χ4n) is 5.64. The SMILES string of the molecule is C#CCCC(CC)C(=C)C1=CC=C(c2ccnc(Cc3cccc(CC4CCC(C)CC4)c3)n2)C1. The number of terminal acetylenes is 1. The molecule has 2 aliphatic carbocycles. The summed E-state index contributed by atoms with van der Waals surface area (Å²) in [5.74, 6) is 5.86. The molecule has 1 heterocycles. The first-order valence-electron chi connectivity index (χ1n) is 13.5. The maximum Gasteiger partial charge on any atom is 0.133 e. The van der Waals surface area contributed by atoms with Crippen LogP contribution in [0.3, 0.4) is 0 Å². The number of rotatable bonds is 10. The molecule has 35 heavy (non-hydrogen) atoms. The van der Waals surface area contributed by atoms with Crippen molar-refractivity contribution in [1.82, 2.24) is 9.97 Å². The van der Waals surface area contributed by atoms with Crippen LogP contribution >= 0.6 is 0 Å². The van der Waals surface area contributed by atoms with Crippen molar-refractivity contribution in [2.75, 3.05) is 0 Å². The number of allylic oxidation sites excluding steroid dienone is 5. The standard InChI is InChI=1S/C33H40N2/c1-5-7-11-29(6-2)25(4)30-16-17-31(23-30)32-18-19-34-33(35-32)22-28-10-8-9-27(21-28)20-26-14-12-24(3)13-15-26/h1,8-10,16-19,21,24,26,29H,4,6-7,11-15,20,22-23H2,2-3H3. The van der Waals surface area contributed by atoms with Gasteiger partial charge in [0.1, 0.15) is 5.82 Å². The quantitative estimate of drug-likeness (QED) is 0.332. The van der Waals surface area contributed by atoms with Gasteiger partial charge < -0.3 is 0 Å². The van der Waals surface area contributed by atoms with E-state index in [0.29, 0.717) is 5.92 Å². The average molecular weight is 465 g/mol. The van der Waals surface area contributed by atoms with E-state index in [0.717, 1.165) is 55.5 Å². The van der Waals surface area contributed by atoms with Gasteiger partial charge in [-0.15, -0.1) is 12.3 Å². The Morgan fingerprint density at radius 3 is 2.71 bits per heavy atom. The summed E-state index contributed by atoms with van der Waals surface area (Å²) in [6, 6.07) is 11.1. The van der Waals surface area contributed by atoms with E-state index in [1.54, 1.807) is 0 Å². The molecule has 2 aromatic rings. The maximum atomic E-state index is 5.49. The Hall–Kier alpha value is -2.92. The number of hydrogen-bond acceptors (Lipinski definition) is 2. The van der Waals surface area contributed by atoms with E-state index in [9.17, 15) is 0 Å². The predicted octanol–water partition coefficient (Wildman–Crippen LogP) is 8.15. The van der Waals surface area contributed by atoms with Gasteiger partial charge in [-0.2, -0.15) is 0 Å². The molecular formula is C33H40N2. The molecule has 0 N–H and O–H groups in total. The molecule has 2 aliphatic rings. The maximum absolute atomic E-state index is 5.49. The number of aromatic nitrogens is 2. The van der Waals surface area contributed by atoms with Gasteiger partial charge in [0, 0.05) is 19.0 Å². The first kappa shape index (κ1) is 25.2. The van der Waals surface area contributed by atoms with Crippen molar-refractivity contribution in [2.24, 2.45) is 17.8 Å². The van der Waals surface area contributed by atoms with Crippen LogP contribution in [0.1, 0.15) is 87.9 Å². The lowest BCUT2D eigenvalue weighted by molar-refractivity contribution is 0.289. The first-order valence-corrected chi connectivity index (χ1v) is 13.5. The van der Waals surface area contributed by atoms with Crippen LogP contribution in [0.25, 0.3) is 5.57 Å². The van der Waals surface area contributed by atoms with Gasteiger partial charge >= 0.3 is 0 Å². The molecule has 0 bridgehead atoms. The van der Waals surface area contributed by atoms with Gasteiger partial charge in [-0.1, -0.05) is 69.7 Å². The number of nitrogens with zero attached hydrogens (tertiary/aromatic N) is 2. The molecule has 0 saturated heterocycles.